The minimum absolute atomic E-state index is 0.00521. The number of urea groups is 1. The molecule has 0 aliphatic carbocycles. The van der Waals surface area contributed by atoms with E-state index in [1.807, 2.05) is 11.6 Å². The molecule has 0 aliphatic heterocycles. The van der Waals surface area contributed by atoms with E-state index in [0.717, 1.165) is 5.56 Å². The zero-order valence-corrected chi connectivity index (χ0v) is 12.9. The number of anilines is 1. The highest BCUT2D eigenvalue weighted by molar-refractivity contribution is 7.98. The summed E-state index contributed by atoms with van der Waals surface area (Å²) in [5.74, 6) is 0.0657. The van der Waals surface area contributed by atoms with Gasteiger partial charge in [-0.15, -0.1) is 5.10 Å². The number of amides is 2. The third-order valence-electron chi connectivity index (χ3n) is 2.44. The Hall–Kier alpha value is -2.07. The molecule has 8 nitrogen and oxygen atoms in total. The van der Waals surface area contributed by atoms with Gasteiger partial charge < -0.3 is 0 Å². The summed E-state index contributed by atoms with van der Waals surface area (Å²) in [6.45, 7) is 1.84. The van der Waals surface area contributed by atoms with E-state index in [4.69, 9.17) is 0 Å². The lowest BCUT2D eigenvalue weighted by Gasteiger charge is -2.07. The topological polar surface area (TPSA) is 117 Å². The van der Waals surface area contributed by atoms with Crippen molar-refractivity contribution in [2.75, 3.05) is 11.6 Å². The number of sulfonamides is 1. The second-order valence-electron chi connectivity index (χ2n) is 4.04. The van der Waals surface area contributed by atoms with Gasteiger partial charge in [-0.05, 0) is 25.3 Å². The van der Waals surface area contributed by atoms with Crippen LogP contribution in [-0.4, -0.2) is 35.9 Å². The molecule has 112 valence electrons. The summed E-state index contributed by atoms with van der Waals surface area (Å²) < 4.78 is 25.9. The van der Waals surface area contributed by atoms with E-state index in [9.17, 15) is 13.2 Å². The number of carbonyl (C=O) groups is 1. The minimum atomic E-state index is -3.92. The average molecular weight is 327 g/mol. The van der Waals surface area contributed by atoms with Crippen LogP contribution in [0.1, 0.15) is 5.56 Å². The molecule has 0 atom stereocenters. The normalized spacial score (nSPS) is 11.1. The SMILES string of the molecule is CSc1n[nH]c(NC(=O)NS(=O)(=O)c2ccc(C)cc2)n1. The predicted octanol–water partition coefficient (Wildman–Crippen LogP) is 1.35. The molecular weight excluding hydrogens is 314 g/mol. The van der Waals surface area contributed by atoms with Crippen molar-refractivity contribution < 1.29 is 13.2 Å². The van der Waals surface area contributed by atoms with Crippen molar-refractivity contribution >= 4 is 33.8 Å². The number of thioether (sulfide) groups is 1. The van der Waals surface area contributed by atoms with E-state index in [1.54, 1.807) is 18.4 Å². The van der Waals surface area contributed by atoms with E-state index in [1.165, 1.54) is 23.9 Å². The number of benzene rings is 1. The van der Waals surface area contributed by atoms with E-state index in [0.29, 0.717) is 5.16 Å². The van der Waals surface area contributed by atoms with Gasteiger partial charge in [-0.3, -0.25) is 5.32 Å². The van der Waals surface area contributed by atoms with Crippen molar-refractivity contribution in [3.05, 3.63) is 29.8 Å². The number of H-pyrrole nitrogens is 1. The van der Waals surface area contributed by atoms with Crippen LogP contribution in [0.25, 0.3) is 0 Å². The van der Waals surface area contributed by atoms with Gasteiger partial charge in [0.1, 0.15) is 0 Å². The third kappa shape index (κ3) is 3.95. The Labute approximate surface area is 125 Å². The smallest absolute Gasteiger partial charge is 0.276 e. The monoisotopic (exact) mass is 327 g/mol. The van der Waals surface area contributed by atoms with Crippen LogP contribution in [-0.2, 0) is 10.0 Å². The molecule has 0 aliphatic rings. The molecule has 10 heteroatoms. The number of aryl methyl sites for hydroxylation is 1. The van der Waals surface area contributed by atoms with E-state index < -0.39 is 16.1 Å². The zero-order chi connectivity index (χ0) is 15.5. The average Bonchev–Trinajstić information content (AvgIpc) is 2.86. The highest BCUT2D eigenvalue weighted by atomic mass is 32.2. The summed E-state index contributed by atoms with van der Waals surface area (Å²) in [7, 11) is -3.92. The standard InChI is InChI=1S/C11H13N5O3S2/c1-7-3-5-8(6-4-7)21(18,19)16-10(17)12-9-13-11(20-2)15-14-9/h3-6H,1-2H3,(H3,12,13,14,15,16,17). The highest BCUT2D eigenvalue weighted by Gasteiger charge is 2.18. The van der Waals surface area contributed by atoms with Gasteiger partial charge in [-0.2, -0.15) is 4.98 Å². The van der Waals surface area contributed by atoms with Crippen LogP contribution in [0.4, 0.5) is 10.7 Å². The fraction of sp³-hybridized carbons (Fsp3) is 0.182. The first-order valence-electron chi connectivity index (χ1n) is 5.77. The van der Waals surface area contributed by atoms with Crippen LogP contribution in [0.15, 0.2) is 34.3 Å². The second kappa shape index (κ2) is 6.14. The van der Waals surface area contributed by atoms with Crippen molar-refractivity contribution in [3.63, 3.8) is 0 Å². The molecule has 0 spiro atoms. The van der Waals surface area contributed by atoms with Crippen LogP contribution < -0.4 is 10.0 Å². The summed E-state index contributed by atoms with van der Waals surface area (Å²) in [6.07, 6.45) is 1.77. The first kappa shape index (κ1) is 15.3. The maximum atomic E-state index is 12.0. The molecule has 2 amide bonds. The lowest BCUT2D eigenvalue weighted by Crippen LogP contribution is -2.34. The number of rotatable bonds is 4. The van der Waals surface area contributed by atoms with Gasteiger partial charge in [0, 0.05) is 0 Å². The summed E-state index contributed by atoms with van der Waals surface area (Å²) in [6, 6.07) is 5.22. The molecule has 1 aromatic heterocycles. The third-order valence-corrected chi connectivity index (χ3v) is 4.33. The van der Waals surface area contributed by atoms with Crippen molar-refractivity contribution in [2.24, 2.45) is 0 Å². The van der Waals surface area contributed by atoms with Gasteiger partial charge in [-0.1, -0.05) is 29.5 Å². The summed E-state index contributed by atoms with van der Waals surface area (Å²) in [5, 5.41) is 8.96. The molecular formula is C11H13N5O3S2. The van der Waals surface area contributed by atoms with Crippen LogP contribution in [0, 0.1) is 6.92 Å². The maximum Gasteiger partial charge on any atom is 0.335 e. The minimum Gasteiger partial charge on any atom is -0.276 e. The molecule has 0 fully saturated rings. The largest absolute Gasteiger partial charge is 0.335 e. The van der Waals surface area contributed by atoms with Crippen LogP contribution in [0.3, 0.4) is 0 Å². The first-order chi connectivity index (χ1) is 9.90. The van der Waals surface area contributed by atoms with Gasteiger partial charge in [0.05, 0.1) is 4.90 Å². The number of hydrogen-bond donors (Lipinski definition) is 3. The fourth-order valence-electron chi connectivity index (χ4n) is 1.43. The highest BCUT2D eigenvalue weighted by Crippen LogP contribution is 2.11. The summed E-state index contributed by atoms with van der Waals surface area (Å²) in [5.41, 5.74) is 0.921. The second-order valence-corrected chi connectivity index (χ2v) is 6.50. The fourth-order valence-corrected chi connectivity index (χ4v) is 2.65. The van der Waals surface area contributed by atoms with Crippen LogP contribution in [0.2, 0.25) is 0 Å². The number of carbonyl (C=O) groups excluding carboxylic acids is 1. The quantitative estimate of drug-likeness (QED) is 0.730. The Morgan fingerprint density at radius 3 is 2.52 bits per heavy atom. The number of hydrogen-bond acceptors (Lipinski definition) is 6. The number of aromatic nitrogens is 3. The van der Waals surface area contributed by atoms with Gasteiger partial charge in [0.15, 0.2) is 0 Å². The predicted molar refractivity (Wildman–Crippen MR) is 78.7 cm³/mol. The Bertz CT molecular complexity index is 739. The molecule has 0 saturated heterocycles. The molecule has 0 radical (unpaired) electrons. The van der Waals surface area contributed by atoms with Crippen LogP contribution >= 0.6 is 11.8 Å². The molecule has 1 heterocycles. The molecule has 21 heavy (non-hydrogen) atoms. The van der Waals surface area contributed by atoms with E-state index in [2.05, 4.69) is 20.5 Å². The molecule has 0 unspecified atom stereocenters. The van der Waals surface area contributed by atoms with Crippen molar-refractivity contribution in [3.8, 4) is 0 Å². The molecule has 2 aromatic rings. The van der Waals surface area contributed by atoms with Gasteiger partial charge in [0.2, 0.25) is 11.1 Å². The van der Waals surface area contributed by atoms with Gasteiger partial charge >= 0.3 is 6.03 Å². The number of nitrogens with one attached hydrogen (secondary N) is 3. The number of aromatic amines is 1. The van der Waals surface area contributed by atoms with Gasteiger partial charge in [0.25, 0.3) is 10.0 Å². The lowest BCUT2D eigenvalue weighted by atomic mass is 10.2. The van der Waals surface area contributed by atoms with E-state index in [-0.39, 0.29) is 10.8 Å². The molecule has 1 aromatic carbocycles. The summed E-state index contributed by atoms with van der Waals surface area (Å²) >= 11 is 1.28. The Balaban J connectivity index is 2.05. The molecule has 0 saturated carbocycles. The molecule has 2 rings (SSSR count). The van der Waals surface area contributed by atoms with E-state index >= 15 is 0 Å². The van der Waals surface area contributed by atoms with Crippen molar-refractivity contribution in [1.82, 2.24) is 19.9 Å². The lowest BCUT2D eigenvalue weighted by molar-refractivity contribution is 0.256. The Morgan fingerprint density at radius 1 is 1.29 bits per heavy atom. The summed E-state index contributed by atoms with van der Waals surface area (Å²) in [4.78, 5) is 15.6. The first-order valence-corrected chi connectivity index (χ1v) is 8.48. The maximum absolute atomic E-state index is 12.0. The molecule has 0 bridgehead atoms. The van der Waals surface area contributed by atoms with Gasteiger partial charge in [-0.25, -0.2) is 23.0 Å². The number of nitrogens with zero attached hydrogens (tertiary/aromatic N) is 2. The van der Waals surface area contributed by atoms with Crippen molar-refractivity contribution in [2.45, 2.75) is 17.0 Å². The Kier molecular flexibility index (Phi) is 4.48. The zero-order valence-electron chi connectivity index (χ0n) is 11.2. The van der Waals surface area contributed by atoms with Crippen molar-refractivity contribution in [1.29, 1.82) is 0 Å². The molecule has 3 N–H and O–H groups in total. The van der Waals surface area contributed by atoms with Crippen LogP contribution in [0.5, 0.6) is 0 Å². The Morgan fingerprint density at radius 2 is 1.95 bits per heavy atom.